The summed E-state index contributed by atoms with van der Waals surface area (Å²) in [6.45, 7) is -1.60. The predicted molar refractivity (Wildman–Crippen MR) is 96.0 cm³/mol. The highest BCUT2D eigenvalue weighted by Crippen LogP contribution is 2.29. The summed E-state index contributed by atoms with van der Waals surface area (Å²) >= 11 is 0. The van der Waals surface area contributed by atoms with Gasteiger partial charge in [0.25, 0.3) is 0 Å². The maximum Gasteiger partial charge on any atom is 0.387 e. The standard InChI is InChI=1S/C16H23F2N3O6S/c1-25-14-10-12(2-3-13(14)27-15(17)18)11-20-16(22)19-4-9-28(23,24)21-5-7-26-8-6-21/h2-3,10,15H,4-9,11H2,1H3,(H2,19,20,22). The van der Waals surface area contributed by atoms with E-state index in [0.29, 0.717) is 31.9 Å². The van der Waals surface area contributed by atoms with Crippen molar-refractivity contribution in [1.29, 1.82) is 0 Å². The Labute approximate surface area is 162 Å². The number of carbonyl (C=O) groups excluding carboxylic acids is 1. The van der Waals surface area contributed by atoms with Gasteiger partial charge in [0.15, 0.2) is 11.5 Å². The van der Waals surface area contributed by atoms with Gasteiger partial charge < -0.3 is 24.8 Å². The fraction of sp³-hybridized carbons (Fsp3) is 0.562. The number of alkyl halides is 2. The summed E-state index contributed by atoms with van der Waals surface area (Å²) in [7, 11) is -2.14. The van der Waals surface area contributed by atoms with Crippen molar-refractivity contribution in [3.05, 3.63) is 23.8 Å². The van der Waals surface area contributed by atoms with Crippen LogP contribution in [0.15, 0.2) is 18.2 Å². The van der Waals surface area contributed by atoms with Gasteiger partial charge in [-0.3, -0.25) is 0 Å². The Hall–Kier alpha value is -2.18. The molecule has 0 radical (unpaired) electrons. The lowest BCUT2D eigenvalue weighted by atomic mass is 10.2. The van der Waals surface area contributed by atoms with Crippen LogP contribution in [0.1, 0.15) is 5.56 Å². The molecule has 158 valence electrons. The van der Waals surface area contributed by atoms with Crippen molar-refractivity contribution in [3.8, 4) is 11.5 Å². The van der Waals surface area contributed by atoms with E-state index in [1.54, 1.807) is 0 Å². The molecule has 0 saturated carbocycles. The Bertz CT molecular complexity index is 757. The Morgan fingerprint density at radius 2 is 1.96 bits per heavy atom. The highest BCUT2D eigenvalue weighted by atomic mass is 32.2. The van der Waals surface area contributed by atoms with Crippen molar-refractivity contribution in [2.24, 2.45) is 0 Å². The van der Waals surface area contributed by atoms with Crippen molar-refractivity contribution < 1.29 is 36.2 Å². The summed E-state index contributed by atoms with van der Waals surface area (Å²) in [5.74, 6) is -0.218. The zero-order valence-electron chi connectivity index (χ0n) is 15.3. The Morgan fingerprint density at radius 3 is 2.61 bits per heavy atom. The molecule has 0 unspecified atom stereocenters. The van der Waals surface area contributed by atoms with Crippen LogP contribution in [-0.4, -0.2) is 71.1 Å². The van der Waals surface area contributed by atoms with Crippen LogP contribution in [0.2, 0.25) is 0 Å². The van der Waals surface area contributed by atoms with E-state index >= 15 is 0 Å². The van der Waals surface area contributed by atoms with E-state index < -0.39 is 22.7 Å². The van der Waals surface area contributed by atoms with E-state index in [9.17, 15) is 22.0 Å². The predicted octanol–water partition coefficient (Wildman–Crippen LogP) is 0.758. The number of nitrogens with one attached hydrogen (secondary N) is 2. The molecule has 9 nitrogen and oxygen atoms in total. The topological polar surface area (TPSA) is 106 Å². The summed E-state index contributed by atoms with van der Waals surface area (Å²) in [4.78, 5) is 11.8. The van der Waals surface area contributed by atoms with E-state index in [4.69, 9.17) is 9.47 Å². The van der Waals surface area contributed by atoms with Crippen LogP contribution in [0.25, 0.3) is 0 Å². The lowest BCUT2D eigenvalue weighted by Crippen LogP contribution is -2.44. The average molecular weight is 423 g/mol. The Morgan fingerprint density at radius 1 is 1.25 bits per heavy atom. The van der Waals surface area contributed by atoms with Gasteiger partial charge in [0, 0.05) is 26.2 Å². The van der Waals surface area contributed by atoms with Gasteiger partial charge in [-0.05, 0) is 17.7 Å². The third kappa shape index (κ3) is 6.77. The van der Waals surface area contributed by atoms with Crippen LogP contribution in [-0.2, 0) is 21.3 Å². The number of ether oxygens (including phenoxy) is 3. The lowest BCUT2D eigenvalue weighted by molar-refractivity contribution is -0.0512. The van der Waals surface area contributed by atoms with Crippen LogP contribution in [0, 0.1) is 0 Å². The highest BCUT2D eigenvalue weighted by Gasteiger charge is 2.23. The van der Waals surface area contributed by atoms with Crippen LogP contribution in [0.4, 0.5) is 13.6 Å². The van der Waals surface area contributed by atoms with Gasteiger partial charge in [0.05, 0.1) is 26.1 Å². The number of halogens is 2. The van der Waals surface area contributed by atoms with Gasteiger partial charge in [0.1, 0.15) is 0 Å². The molecule has 1 aromatic carbocycles. The molecule has 1 aliphatic heterocycles. The van der Waals surface area contributed by atoms with Crippen LogP contribution in [0.5, 0.6) is 11.5 Å². The van der Waals surface area contributed by atoms with Crippen LogP contribution in [0.3, 0.4) is 0 Å². The minimum absolute atomic E-state index is 0.0456. The minimum Gasteiger partial charge on any atom is -0.493 e. The zero-order valence-corrected chi connectivity index (χ0v) is 16.1. The monoisotopic (exact) mass is 423 g/mol. The molecular formula is C16H23F2N3O6S. The smallest absolute Gasteiger partial charge is 0.387 e. The van der Waals surface area contributed by atoms with Gasteiger partial charge in [-0.25, -0.2) is 13.2 Å². The third-order valence-corrected chi connectivity index (χ3v) is 5.78. The van der Waals surface area contributed by atoms with Crippen molar-refractivity contribution in [3.63, 3.8) is 0 Å². The molecule has 0 aliphatic carbocycles. The summed E-state index contributed by atoms with van der Waals surface area (Å²) in [6, 6.07) is 3.73. The zero-order chi connectivity index (χ0) is 20.6. The van der Waals surface area contributed by atoms with E-state index in [1.165, 1.54) is 29.6 Å². The van der Waals surface area contributed by atoms with Gasteiger partial charge in [-0.1, -0.05) is 6.07 Å². The van der Waals surface area contributed by atoms with Gasteiger partial charge in [0.2, 0.25) is 10.0 Å². The first-order valence-corrected chi connectivity index (χ1v) is 10.1. The van der Waals surface area contributed by atoms with Crippen molar-refractivity contribution >= 4 is 16.1 Å². The number of carbonyl (C=O) groups is 1. The number of hydrogen-bond donors (Lipinski definition) is 2. The molecule has 1 aromatic rings. The number of amides is 2. The molecule has 1 heterocycles. The van der Waals surface area contributed by atoms with E-state index in [-0.39, 0.29) is 30.3 Å². The molecule has 2 amide bonds. The van der Waals surface area contributed by atoms with Crippen LogP contribution >= 0.6 is 0 Å². The second-order valence-corrected chi connectivity index (χ2v) is 7.89. The molecule has 2 N–H and O–H groups in total. The maximum absolute atomic E-state index is 12.3. The summed E-state index contributed by atoms with van der Waals surface area (Å²) < 4.78 is 64.7. The number of urea groups is 1. The molecule has 0 aromatic heterocycles. The fourth-order valence-electron chi connectivity index (χ4n) is 2.51. The van der Waals surface area contributed by atoms with E-state index in [2.05, 4.69) is 15.4 Å². The van der Waals surface area contributed by atoms with Gasteiger partial charge >= 0.3 is 12.6 Å². The fourth-order valence-corrected chi connectivity index (χ4v) is 3.83. The number of nitrogens with zero attached hydrogens (tertiary/aromatic N) is 1. The SMILES string of the molecule is COc1cc(CNC(=O)NCCS(=O)(=O)N2CCOCC2)ccc1OC(F)F. The van der Waals surface area contributed by atoms with Crippen molar-refractivity contribution in [2.75, 3.05) is 45.7 Å². The maximum atomic E-state index is 12.3. The molecule has 0 bridgehead atoms. The molecular weight excluding hydrogens is 400 g/mol. The Balaban J connectivity index is 1.77. The number of morpholine rings is 1. The highest BCUT2D eigenvalue weighted by molar-refractivity contribution is 7.89. The molecule has 2 rings (SSSR count). The van der Waals surface area contributed by atoms with E-state index in [0.717, 1.165) is 0 Å². The minimum atomic E-state index is -3.45. The van der Waals surface area contributed by atoms with Crippen molar-refractivity contribution in [1.82, 2.24) is 14.9 Å². The molecule has 1 fully saturated rings. The molecule has 0 atom stereocenters. The normalized spacial score (nSPS) is 15.3. The first kappa shape index (κ1) is 22.1. The average Bonchev–Trinajstić information content (AvgIpc) is 2.67. The number of benzene rings is 1. The second-order valence-electron chi connectivity index (χ2n) is 5.80. The molecule has 1 saturated heterocycles. The summed E-state index contributed by atoms with van der Waals surface area (Å²) in [5, 5.41) is 5.03. The van der Waals surface area contributed by atoms with E-state index in [1.807, 2.05) is 0 Å². The summed E-state index contributed by atoms with van der Waals surface area (Å²) in [5.41, 5.74) is 0.592. The molecule has 28 heavy (non-hydrogen) atoms. The van der Waals surface area contributed by atoms with Crippen molar-refractivity contribution in [2.45, 2.75) is 13.2 Å². The first-order chi connectivity index (χ1) is 13.3. The van der Waals surface area contributed by atoms with Gasteiger partial charge in [-0.15, -0.1) is 0 Å². The molecule has 1 aliphatic rings. The third-order valence-electron chi connectivity index (χ3n) is 3.91. The number of rotatable bonds is 9. The molecule has 12 heteroatoms. The quantitative estimate of drug-likeness (QED) is 0.608. The second kappa shape index (κ2) is 10.4. The number of hydrogen-bond acceptors (Lipinski definition) is 6. The van der Waals surface area contributed by atoms with Crippen LogP contribution < -0.4 is 20.1 Å². The lowest BCUT2D eigenvalue weighted by Gasteiger charge is -2.26. The Kier molecular flexibility index (Phi) is 8.20. The summed E-state index contributed by atoms with van der Waals surface area (Å²) in [6.07, 6.45) is 0. The number of methoxy groups -OCH3 is 1. The molecule has 0 spiro atoms. The largest absolute Gasteiger partial charge is 0.493 e. The number of sulfonamides is 1. The van der Waals surface area contributed by atoms with Gasteiger partial charge in [-0.2, -0.15) is 13.1 Å². The first-order valence-electron chi connectivity index (χ1n) is 8.51.